The van der Waals surface area contributed by atoms with E-state index in [1.54, 1.807) is 4.57 Å². The molecule has 0 bridgehead atoms. The van der Waals surface area contributed by atoms with Gasteiger partial charge in [0.2, 0.25) is 5.91 Å². The van der Waals surface area contributed by atoms with Crippen molar-refractivity contribution < 1.29 is 4.79 Å². The van der Waals surface area contributed by atoms with Crippen molar-refractivity contribution in [1.82, 2.24) is 14.0 Å². The minimum Gasteiger partial charge on any atom is -0.337 e. The van der Waals surface area contributed by atoms with Gasteiger partial charge < -0.3 is 4.90 Å². The third-order valence-corrected chi connectivity index (χ3v) is 5.55. The highest BCUT2D eigenvalue weighted by Crippen LogP contribution is 2.31. The summed E-state index contributed by atoms with van der Waals surface area (Å²) in [6.07, 6.45) is 3.51. The molecule has 5 nitrogen and oxygen atoms in total. The highest BCUT2D eigenvalue weighted by molar-refractivity contribution is 5.78. The van der Waals surface area contributed by atoms with Crippen molar-refractivity contribution in [2.75, 3.05) is 0 Å². The summed E-state index contributed by atoms with van der Waals surface area (Å²) in [6.45, 7) is 9.69. The molecule has 0 N–H and O–H groups in total. The Hall–Kier alpha value is -2.04. The number of aryl methyl sites for hydroxylation is 2. The lowest BCUT2D eigenvalue weighted by atomic mass is 10.0. The van der Waals surface area contributed by atoms with Crippen LogP contribution in [0.3, 0.4) is 0 Å². The molecule has 3 rings (SSSR count). The predicted octanol–water partition coefficient (Wildman–Crippen LogP) is 3.64. The average molecular weight is 357 g/mol. The van der Waals surface area contributed by atoms with Crippen LogP contribution in [0, 0.1) is 5.92 Å². The van der Waals surface area contributed by atoms with Crippen LogP contribution in [0.4, 0.5) is 0 Å². The summed E-state index contributed by atoms with van der Waals surface area (Å²) in [5.41, 5.74) is 1.88. The van der Waals surface area contributed by atoms with Crippen molar-refractivity contribution in [3.05, 3.63) is 34.7 Å². The van der Waals surface area contributed by atoms with Gasteiger partial charge >= 0.3 is 5.69 Å². The van der Waals surface area contributed by atoms with Crippen LogP contribution >= 0.6 is 0 Å². The van der Waals surface area contributed by atoms with Crippen LogP contribution in [-0.4, -0.2) is 32.0 Å². The van der Waals surface area contributed by atoms with Gasteiger partial charge in [0, 0.05) is 31.6 Å². The largest absolute Gasteiger partial charge is 0.337 e. The number of fused-ring (bicyclic) bond motifs is 1. The monoisotopic (exact) mass is 357 g/mol. The van der Waals surface area contributed by atoms with Gasteiger partial charge in [-0.3, -0.25) is 13.9 Å². The molecule has 1 aliphatic rings. The van der Waals surface area contributed by atoms with E-state index in [1.165, 1.54) is 0 Å². The maximum Gasteiger partial charge on any atom is 0.329 e. The van der Waals surface area contributed by atoms with Crippen LogP contribution in [0.15, 0.2) is 29.1 Å². The maximum atomic E-state index is 12.9. The first-order valence-electron chi connectivity index (χ1n) is 9.95. The van der Waals surface area contributed by atoms with Gasteiger partial charge in [-0.15, -0.1) is 0 Å². The Kier molecular flexibility index (Phi) is 5.54. The second-order valence-electron chi connectivity index (χ2n) is 7.84. The van der Waals surface area contributed by atoms with E-state index >= 15 is 0 Å². The van der Waals surface area contributed by atoms with E-state index < -0.39 is 0 Å². The Morgan fingerprint density at radius 3 is 2.19 bits per heavy atom. The van der Waals surface area contributed by atoms with E-state index in [-0.39, 0.29) is 17.6 Å². The molecular weight excluding hydrogens is 326 g/mol. The third-order valence-electron chi connectivity index (χ3n) is 5.55. The van der Waals surface area contributed by atoms with Gasteiger partial charge in [0.1, 0.15) is 0 Å². The number of hydrogen-bond donors (Lipinski definition) is 0. The van der Waals surface area contributed by atoms with Gasteiger partial charge in [-0.05, 0) is 44.2 Å². The summed E-state index contributed by atoms with van der Waals surface area (Å²) in [4.78, 5) is 27.8. The SMILES string of the molecule is CCCn1c(=O)n(CCC(=O)N(C2CC2)C(C)C(C)C)c2ccccc21. The topological polar surface area (TPSA) is 47.2 Å². The molecule has 1 saturated carbocycles. The first kappa shape index (κ1) is 18.7. The van der Waals surface area contributed by atoms with Crippen molar-refractivity contribution in [1.29, 1.82) is 0 Å². The minimum absolute atomic E-state index is 0.00395. The Bertz CT molecular complexity index is 829. The maximum absolute atomic E-state index is 12.9. The van der Waals surface area contributed by atoms with E-state index in [9.17, 15) is 9.59 Å². The van der Waals surface area contributed by atoms with Crippen LogP contribution in [0.25, 0.3) is 11.0 Å². The molecule has 1 fully saturated rings. The number of benzene rings is 1. The number of nitrogens with zero attached hydrogens (tertiary/aromatic N) is 3. The molecule has 142 valence electrons. The van der Waals surface area contributed by atoms with E-state index in [0.717, 1.165) is 30.3 Å². The molecule has 0 spiro atoms. The van der Waals surface area contributed by atoms with E-state index in [1.807, 2.05) is 28.8 Å². The summed E-state index contributed by atoms with van der Waals surface area (Å²) in [5.74, 6) is 0.613. The molecule has 0 radical (unpaired) electrons. The number of hydrogen-bond acceptors (Lipinski definition) is 2. The number of para-hydroxylation sites is 2. The number of aromatic nitrogens is 2. The lowest BCUT2D eigenvalue weighted by molar-refractivity contribution is -0.135. The number of carbonyl (C=O) groups is 1. The van der Waals surface area contributed by atoms with Crippen molar-refractivity contribution in [3.63, 3.8) is 0 Å². The summed E-state index contributed by atoms with van der Waals surface area (Å²) >= 11 is 0. The standard InChI is InChI=1S/C21H31N3O2/c1-5-13-22-18-8-6-7-9-19(18)23(21(22)26)14-12-20(25)24(17-10-11-17)16(4)15(2)3/h6-9,15-17H,5,10-14H2,1-4H3. The second-order valence-corrected chi connectivity index (χ2v) is 7.84. The predicted molar refractivity (Wildman–Crippen MR) is 105 cm³/mol. The van der Waals surface area contributed by atoms with Gasteiger partial charge in [0.25, 0.3) is 0 Å². The fourth-order valence-corrected chi connectivity index (χ4v) is 3.70. The average Bonchev–Trinajstić information content (AvgIpc) is 3.41. The Balaban J connectivity index is 1.82. The van der Waals surface area contributed by atoms with Gasteiger partial charge in [-0.25, -0.2) is 4.79 Å². The van der Waals surface area contributed by atoms with E-state index in [2.05, 4.69) is 32.6 Å². The molecule has 1 aliphatic carbocycles. The zero-order valence-electron chi connectivity index (χ0n) is 16.4. The molecule has 1 aromatic carbocycles. The Labute approximate surface area is 155 Å². The zero-order chi connectivity index (χ0) is 18.8. The number of imidazole rings is 1. The molecule has 26 heavy (non-hydrogen) atoms. The van der Waals surface area contributed by atoms with Gasteiger partial charge in [-0.2, -0.15) is 0 Å². The number of carbonyl (C=O) groups excluding carboxylic acids is 1. The molecule has 2 aromatic rings. The Morgan fingerprint density at radius 1 is 1.12 bits per heavy atom. The van der Waals surface area contributed by atoms with Crippen LogP contribution in [0.2, 0.25) is 0 Å². The highest BCUT2D eigenvalue weighted by Gasteiger charge is 2.36. The van der Waals surface area contributed by atoms with Gasteiger partial charge in [-0.1, -0.05) is 32.9 Å². The zero-order valence-corrected chi connectivity index (χ0v) is 16.4. The third kappa shape index (κ3) is 3.57. The van der Waals surface area contributed by atoms with Crippen LogP contribution in [-0.2, 0) is 17.9 Å². The minimum atomic E-state index is -0.00395. The highest BCUT2D eigenvalue weighted by atomic mass is 16.2. The molecule has 1 unspecified atom stereocenters. The van der Waals surface area contributed by atoms with E-state index in [0.29, 0.717) is 31.5 Å². The molecule has 0 saturated heterocycles. The fourth-order valence-electron chi connectivity index (χ4n) is 3.70. The van der Waals surface area contributed by atoms with Crippen molar-refractivity contribution in [3.8, 4) is 0 Å². The number of rotatable bonds is 8. The summed E-state index contributed by atoms with van der Waals surface area (Å²) in [6, 6.07) is 8.52. The molecule has 1 amide bonds. The van der Waals surface area contributed by atoms with E-state index in [4.69, 9.17) is 0 Å². The summed E-state index contributed by atoms with van der Waals surface area (Å²) in [5, 5.41) is 0. The first-order valence-corrected chi connectivity index (χ1v) is 9.95. The summed E-state index contributed by atoms with van der Waals surface area (Å²) < 4.78 is 3.60. The van der Waals surface area contributed by atoms with Gasteiger partial charge in [0.15, 0.2) is 0 Å². The first-order chi connectivity index (χ1) is 12.5. The molecule has 1 aromatic heterocycles. The molecule has 5 heteroatoms. The lowest BCUT2D eigenvalue weighted by Gasteiger charge is -2.32. The normalized spacial score (nSPS) is 15.6. The lowest BCUT2D eigenvalue weighted by Crippen LogP contribution is -2.43. The van der Waals surface area contributed by atoms with Crippen LogP contribution in [0.1, 0.15) is 53.4 Å². The fraction of sp³-hybridized carbons (Fsp3) is 0.619. The molecule has 0 aliphatic heterocycles. The summed E-state index contributed by atoms with van der Waals surface area (Å²) in [7, 11) is 0. The van der Waals surface area contributed by atoms with Crippen molar-refractivity contribution >= 4 is 16.9 Å². The quantitative estimate of drug-likeness (QED) is 0.724. The van der Waals surface area contributed by atoms with Crippen LogP contribution in [0.5, 0.6) is 0 Å². The van der Waals surface area contributed by atoms with Crippen molar-refractivity contribution in [2.45, 2.75) is 78.6 Å². The second kappa shape index (κ2) is 7.68. The smallest absolute Gasteiger partial charge is 0.329 e. The number of amides is 1. The van der Waals surface area contributed by atoms with Crippen molar-refractivity contribution in [2.24, 2.45) is 5.92 Å². The molecular formula is C21H31N3O2. The van der Waals surface area contributed by atoms with Gasteiger partial charge in [0.05, 0.1) is 11.0 Å². The molecule has 1 heterocycles. The Morgan fingerprint density at radius 2 is 1.69 bits per heavy atom. The van der Waals surface area contributed by atoms with Crippen LogP contribution < -0.4 is 5.69 Å². The molecule has 1 atom stereocenters.